The van der Waals surface area contributed by atoms with Gasteiger partial charge in [-0.3, -0.25) is 4.79 Å². The highest BCUT2D eigenvalue weighted by molar-refractivity contribution is 5.76. The average molecular weight is 535 g/mol. The summed E-state index contributed by atoms with van der Waals surface area (Å²) in [7, 11) is 0. The summed E-state index contributed by atoms with van der Waals surface area (Å²) in [5, 5.41) is 5.59. The van der Waals surface area contributed by atoms with E-state index < -0.39 is 11.6 Å². The van der Waals surface area contributed by atoms with Gasteiger partial charge in [-0.15, -0.1) is 0 Å². The Balaban J connectivity index is 0.000000507. The van der Waals surface area contributed by atoms with Crippen molar-refractivity contribution < 1.29 is 13.6 Å². The number of anilines is 1. The monoisotopic (exact) mass is 534 g/mol. The van der Waals surface area contributed by atoms with E-state index in [0.29, 0.717) is 40.7 Å². The third kappa shape index (κ3) is 9.67. The van der Waals surface area contributed by atoms with Gasteiger partial charge >= 0.3 is 0 Å². The largest absolute Gasteiger partial charge is 0.355 e. The van der Waals surface area contributed by atoms with Crippen LogP contribution in [0.3, 0.4) is 0 Å². The molecule has 1 amide bonds. The standard InChI is InChI=1S/C23H20F2N4O.C7H14.C2H6/c1-4-21-22(11-14(2)26-13-30)29-23(28-21)16-5-8-18(9-6-16)27-15(3)19-10-7-17(24)12-20(19)25;1-7-5-3-2-4-6-7;1-2/h4-13,27H,1,3H2,2H3,(H,26,30)(H,28,29);7H,2-6H2,1H3;1-2H3/b14-11+;;. The fourth-order valence-corrected chi connectivity index (χ4v) is 4.15. The second-order valence-corrected chi connectivity index (χ2v) is 9.23. The number of nitrogens with one attached hydrogen (secondary N) is 3. The van der Waals surface area contributed by atoms with Crippen molar-refractivity contribution in [3.63, 3.8) is 0 Å². The number of allylic oxidation sites excluding steroid dienone is 1. The van der Waals surface area contributed by atoms with E-state index in [1.165, 1.54) is 44.2 Å². The van der Waals surface area contributed by atoms with Crippen LogP contribution in [0.2, 0.25) is 0 Å². The van der Waals surface area contributed by atoms with Crippen molar-refractivity contribution in [3.8, 4) is 11.4 Å². The molecule has 0 aliphatic heterocycles. The van der Waals surface area contributed by atoms with Crippen LogP contribution >= 0.6 is 0 Å². The highest BCUT2D eigenvalue weighted by Crippen LogP contribution is 2.25. The molecule has 0 unspecified atom stereocenters. The number of benzene rings is 2. The van der Waals surface area contributed by atoms with Crippen LogP contribution in [0.15, 0.2) is 61.3 Å². The molecule has 1 aliphatic carbocycles. The summed E-state index contributed by atoms with van der Waals surface area (Å²) in [4.78, 5) is 18.3. The smallest absolute Gasteiger partial charge is 0.211 e. The minimum Gasteiger partial charge on any atom is -0.355 e. The fraction of sp³-hybridized carbons (Fsp3) is 0.312. The van der Waals surface area contributed by atoms with Crippen molar-refractivity contribution in [2.24, 2.45) is 5.92 Å². The van der Waals surface area contributed by atoms with E-state index in [1.807, 2.05) is 26.0 Å². The first-order valence-corrected chi connectivity index (χ1v) is 13.4. The summed E-state index contributed by atoms with van der Waals surface area (Å²) in [6, 6.07) is 10.6. The summed E-state index contributed by atoms with van der Waals surface area (Å²) in [6.07, 6.45) is 11.4. The summed E-state index contributed by atoms with van der Waals surface area (Å²) in [6.45, 7) is 15.7. The van der Waals surface area contributed by atoms with E-state index in [9.17, 15) is 13.6 Å². The topological polar surface area (TPSA) is 69.8 Å². The molecular weight excluding hydrogens is 494 g/mol. The molecule has 7 heteroatoms. The number of nitrogens with zero attached hydrogens (tertiary/aromatic N) is 1. The molecule has 0 bridgehead atoms. The van der Waals surface area contributed by atoms with Crippen LogP contribution in [0.25, 0.3) is 29.2 Å². The van der Waals surface area contributed by atoms with E-state index >= 15 is 0 Å². The Morgan fingerprint density at radius 3 is 2.28 bits per heavy atom. The lowest BCUT2D eigenvalue weighted by molar-refractivity contribution is -0.108. The number of imidazole rings is 1. The van der Waals surface area contributed by atoms with Gasteiger partial charge in [0, 0.05) is 34.3 Å². The SMILES string of the molecule is C=Cc1nc(-c2ccc(NC(=C)c3ccc(F)cc3F)cc2)[nH]c1/C=C(\C)NC=O.CC.CC1CCCCC1. The lowest BCUT2D eigenvalue weighted by atomic mass is 9.91. The molecule has 1 fully saturated rings. The van der Waals surface area contributed by atoms with Crippen LogP contribution in [0.4, 0.5) is 14.5 Å². The minimum atomic E-state index is -0.684. The van der Waals surface area contributed by atoms with Crippen LogP contribution in [0, 0.1) is 17.6 Å². The molecular formula is C32H40F2N4O. The number of rotatable bonds is 8. The average Bonchev–Trinajstić information content (AvgIpc) is 3.33. The highest BCUT2D eigenvalue weighted by Gasteiger charge is 2.10. The van der Waals surface area contributed by atoms with Gasteiger partial charge in [-0.05, 0) is 61.4 Å². The summed E-state index contributed by atoms with van der Waals surface area (Å²) in [5.74, 6) is 0.340. The second-order valence-electron chi connectivity index (χ2n) is 9.23. The van der Waals surface area contributed by atoms with Gasteiger partial charge in [0.1, 0.15) is 17.5 Å². The van der Waals surface area contributed by atoms with Gasteiger partial charge in [-0.1, -0.05) is 66.0 Å². The molecule has 0 saturated heterocycles. The molecule has 39 heavy (non-hydrogen) atoms. The number of carbonyl (C=O) groups is 1. The third-order valence-electron chi connectivity index (χ3n) is 6.21. The zero-order chi connectivity index (χ0) is 28.8. The molecule has 4 rings (SSSR count). The van der Waals surface area contributed by atoms with Gasteiger partial charge in [0.2, 0.25) is 6.41 Å². The number of hydrogen-bond acceptors (Lipinski definition) is 3. The van der Waals surface area contributed by atoms with E-state index in [2.05, 4.69) is 40.7 Å². The normalized spacial score (nSPS) is 13.2. The van der Waals surface area contributed by atoms with Crippen LogP contribution in [-0.2, 0) is 4.79 Å². The predicted molar refractivity (Wildman–Crippen MR) is 160 cm³/mol. The molecule has 1 heterocycles. The summed E-state index contributed by atoms with van der Waals surface area (Å²) in [5.41, 5.74) is 4.05. The molecule has 5 nitrogen and oxygen atoms in total. The minimum absolute atomic E-state index is 0.192. The van der Waals surface area contributed by atoms with E-state index in [4.69, 9.17) is 0 Å². The van der Waals surface area contributed by atoms with Crippen LogP contribution in [0.1, 0.15) is 76.8 Å². The van der Waals surface area contributed by atoms with Crippen LogP contribution < -0.4 is 10.6 Å². The number of aromatic nitrogens is 2. The van der Waals surface area contributed by atoms with Gasteiger partial charge in [0.15, 0.2) is 0 Å². The maximum absolute atomic E-state index is 13.9. The van der Waals surface area contributed by atoms with Crippen molar-refractivity contribution in [2.75, 3.05) is 5.32 Å². The second kappa shape index (κ2) is 16.1. The maximum Gasteiger partial charge on any atom is 0.211 e. The zero-order valence-electron chi connectivity index (χ0n) is 23.4. The number of amides is 1. The molecule has 0 atom stereocenters. The Bertz CT molecular complexity index is 1260. The molecule has 0 radical (unpaired) electrons. The first-order valence-electron chi connectivity index (χ1n) is 13.4. The Hall–Kier alpha value is -4.00. The molecule has 2 aromatic carbocycles. The Kier molecular flexibility index (Phi) is 12.9. The van der Waals surface area contributed by atoms with Gasteiger partial charge in [-0.25, -0.2) is 13.8 Å². The van der Waals surface area contributed by atoms with Gasteiger partial charge in [-0.2, -0.15) is 0 Å². The van der Waals surface area contributed by atoms with Gasteiger partial charge < -0.3 is 15.6 Å². The molecule has 3 aromatic rings. The number of H-pyrrole nitrogens is 1. The summed E-state index contributed by atoms with van der Waals surface area (Å²) < 4.78 is 27.0. The van der Waals surface area contributed by atoms with E-state index in [0.717, 1.165) is 17.5 Å². The van der Waals surface area contributed by atoms with E-state index in [-0.39, 0.29) is 5.56 Å². The molecule has 3 N–H and O–H groups in total. The highest BCUT2D eigenvalue weighted by atomic mass is 19.1. The molecule has 1 aromatic heterocycles. The molecule has 1 aliphatic rings. The van der Waals surface area contributed by atoms with Crippen LogP contribution in [0.5, 0.6) is 0 Å². The Morgan fingerprint density at radius 1 is 1.08 bits per heavy atom. The Morgan fingerprint density at radius 2 is 1.74 bits per heavy atom. The first-order chi connectivity index (χ1) is 18.8. The van der Waals surface area contributed by atoms with Crippen molar-refractivity contribution in [1.29, 1.82) is 0 Å². The zero-order valence-corrected chi connectivity index (χ0v) is 23.4. The Labute approximate surface area is 231 Å². The lowest BCUT2D eigenvalue weighted by Gasteiger charge is -2.15. The van der Waals surface area contributed by atoms with Crippen molar-refractivity contribution in [3.05, 3.63) is 89.9 Å². The van der Waals surface area contributed by atoms with Crippen molar-refractivity contribution >= 4 is 29.9 Å². The molecule has 0 spiro atoms. The number of hydrogen-bond donors (Lipinski definition) is 3. The number of carbonyl (C=O) groups excluding carboxylic acids is 1. The molecule has 1 saturated carbocycles. The summed E-state index contributed by atoms with van der Waals surface area (Å²) >= 11 is 0. The number of halogens is 2. The quantitative estimate of drug-likeness (QED) is 0.253. The fourth-order valence-electron chi connectivity index (χ4n) is 4.15. The number of aromatic amines is 1. The first kappa shape index (κ1) is 31.2. The third-order valence-corrected chi connectivity index (χ3v) is 6.21. The van der Waals surface area contributed by atoms with E-state index in [1.54, 1.807) is 31.2 Å². The van der Waals surface area contributed by atoms with Gasteiger partial charge in [0.05, 0.1) is 11.4 Å². The van der Waals surface area contributed by atoms with Crippen molar-refractivity contribution in [1.82, 2.24) is 15.3 Å². The van der Waals surface area contributed by atoms with Crippen LogP contribution in [-0.4, -0.2) is 16.4 Å². The van der Waals surface area contributed by atoms with Crippen molar-refractivity contribution in [2.45, 2.75) is 59.8 Å². The van der Waals surface area contributed by atoms with Gasteiger partial charge in [0.25, 0.3) is 0 Å². The molecule has 208 valence electrons. The maximum atomic E-state index is 13.9. The predicted octanol–water partition coefficient (Wildman–Crippen LogP) is 8.80. The lowest BCUT2D eigenvalue weighted by Crippen LogP contribution is -2.06.